The fourth-order valence-electron chi connectivity index (χ4n) is 4.29. The lowest BCUT2D eigenvalue weighted by atomic mass is 9.93. The molecule has 29 heavy (non-hydrogen) atoms. The van der Waals surface area contributed by atoms with Gasteiger partial charge in [-0.1, -0.05) is 0 Å². The molecule has 7 heteroatoms. The lowest BCUT2D eigenvalue weighted by Crippen LogP contribution is -2.27. The number of hydrogen-bond donors (Lipinski definition) is 3. The van der Waals surface area contributed by atoms with Crippen LogP contribution in [0.4, 0.5) is 0 Å². The second-order valence-corrected chi connectivity index (χ2v) is 8.35. The molecule has 0 atom stereocenters. The van der Waals surface area contributed by atoms with Gasteiger partial charge < -0.3 is 10.3 Å². The van der Waals surface area contributed by atoms with Gasteiger partial charge in [0.25, 0.3) is 0 Å². The highest BCUT2D eigenvalue weighted by atomic mass is 32.1. The Labute approximate surface area is 171 Å². The molecule has 1 saturated heterocycles. The van der Waals surface area contributed by atoms with Gasteiger partial charge in [0, 0.05) is 45.0 Å². The number of fused-ring (bicyclic) bond motifs is 2. The maximum Gasteiger partial charge on any atom is 0.116 e. The zero-order valence-corrected chi connectivity index (χ0v) is 16.6. The van der Waals surface area contributed by atoms with E-state index in [4.69, 9.17) is 4.98 Å². The lowest BCUT2D eigenvalue weighted by Gasteiger charge is -2.22. The molecule has 1 aliphatic heterocycles. The lowest BCUT2D eigenvalue weighted by molar-refractivity contribution is 0.453. The van der Waals surface area contributed by atoms with Crippen molar-refractivity contribution in [3.63, 3.8) is 0 Å². The number of rotatable bonds is 3. The molecule has 0 saturated carbocycles. The molecule has 1 aliphatic rings. The highest BCUT2D eigenvalue weighted by molar-refractivity contribution is 7.08. The van der Waals surface area contributed by atoms with E-state index in [9.17, 15) is 0 Å². The van der Waals surface area contributed by atoms with Crippen molar-refractivity contribution in [2.24, 2.45) is 0 Å². The molecule has 6 rings (SSSR count). The van der Waals surface area contributed by atoms with Crippen molar-refractivity contribution in [1.29, 1.82) is 0 Å². The number of thiophene rings is 1. The Morgan fingerprint density at radius 3 is 2.72 bits per heavy atom. The van der Waals surface area contributed by atoms with Gasteiger partial charge in [0.1, 0.15) is 5.69 Å². The van der Waals surface area contributed by atoms with Crippen LogP contribution >= 0.6 is 11.3 Å². The Morgan fingerprint density at radius 2 is 1.86 bits per heavy atom. The Morgan fingerprint density at radius 1 is 0.966 bits per heavy atom. The first-order valence-corrected chi connectivity index (χ1v) is 10.9. The third-order valence-corrected chi connectivity index (χ3v) is 6.51. The Bertz CT molecular complexity index is 1290. The van der Waals surface area contributed by atoms with Crippen LogP contribution < -0.4 is 5.32 Å². The summed E-state index contributed by atoms with van der Waals surface area (Å²) in [7, 11) is 0. The van der Waals surface area contributed by atoms with E-state index in [0.717, 1.165) is 70.4 Å². The largest absolute Gasteiger partial charge is 0.353 e. The number of hydrogen-bond acceptors (Lipinski definition) is 5. The summed E-state index contributed by atoms with van der Waals surface area (Å²) in [4.78, 5) is 12.9. The van der Waals surface area contributed by atoms with Crippen molar-refractivity contribution in [2.45, 2.75) is 18.8 Å². The van der Waals surface area contributed by atoms with Gasteiger partial charge in [0.05, 0.1) is 23.1 Å². The van der Waals surface area contributed by atoms with Crippen LogP contribution in [0.1, 0.15) is 24.5 Å². The summed E-state index contributed by atoms with van der Waals surface area (Å²) in [5.41, 5.74) is 7.28. The van der Waals surface area contributed by atoms with Gasteiger partial charge in [-0.2, -0.15) is 16.4 Å². The van der Waals surface area contributed by atoms with Crippen LogP contribution in [-0.2, 0) is 0 Å². The maximum atomic E-state index is 4.71. The predicted molar refractivity (Wildman–Crippen MR) is 117 cm³/mol. The van der Waals surface area contributed by atoms with E-state index >= 15 is 0 Å². The van der Waals surface area contributed by atoms with Crippen LogP contribution in [0.2, 0.25) is 0 Å². The molecule has 0 unspecified atom stereocenters. The van der Waals surface area contributed by atoms with Gasteiger partial charge in [0.2, 0.25) is 0 Å². The monoisotopic (exact) mass is 400 g/mol. The fraction of sp³-hybridized carbons (Fsp3) is 0.227. The number of H-pyrrole nitrogens is 2. The minimum atomic E-state index is 0.514. The SMILES string of the molecule is c1cc2[nH]c(-c3n[nH]c4cnc(C5CCNCC5)cc34)cc2c(-c2ccsc2)n1. The Hall–Kier alpha value is -3.03. The minimum Gasteiger partial charge on any atom is -0.353 e. The first-order chi connectivity index (χ1) is 14.4. The van der Waals surface area contributed by atoms with Crippen LogP contribution in [-0.4, -0.2) is 38.2 Å². The normalized spacial score (nSPS) is 15.4. The van der Waals surface area contributed by atoms with Gasteiger partial charge in [-0.25, -0.2) is 0 Å². The zero-order chi connectivity index (χ0) is 19.2. The number of aromatic nitrogens is 5. The average Bonchev–Trinajstić information content (AvgIpc) is 3.52. The number of piperidine rings is 1. The van der Waals surface area contributed by atoms with Crippen molar-refractivity contribution < 1.29 is 0 Å². The topological polar surface area (TPSA) is 82.3 Å². The molecule has 0 aromatic carbocycles. The number of nitrogens with zero attached hydrogens (tertiary/aromatic N) is 3. The number of nitrogens with one attached hydrogen (secondary N) is 3. The molecule has 6 heterocycles. The van der Waals surface area contributed by atoms with E-state index < -0.39 is 0 Å². The molecule has 0 radical (unpaired) electrons. The van der Waals surface area contributed by atoms with Crippen molar-refractivity contribution in [3.8, 4) is 22.6 Å². The van der Waals surface area contributed by atoms with E-state index in [-0.39, 0.29) is 0 Å². The zero-order valence-electron chi connectivity index (χ0n) is 15.8. The quantitative estimate of drug-likeness (QED) is 0.410. The van der Waals surface area contributed by atoms with Crippen LogP contribution in [0, 0.1) is 0 Å². The van der Waals surface area contributed by atoms with Gasteiger partial charge in [-0.3, -0.25) is 15.1 Å². The fourth-order valence-corrected chi connectivity index (χ4v) is 4.93. The van der Waals surface area contributed by atoms with E-state index in [0.29, 0.717) is 5.92 Å². The average molecular weight is 401 g/mol. The van der Waals surface area contributed by atoms with Gasteiger partial charge in [-0.15, -0.1) is 0 Å². The minimum absolute atomic E-state index is 0.514. The Balaban J connectivity index is 1.48. The highest BCUT2D eigenvalue weighted by Gasteiger charge is 2.19. The summed E-state index contributed by atoms with van der Waals surface area (Å²) < 4.78 is 0. The smallest absolute Gasteiger partial charge is 0.116 e. The standard InChI is InChI=1S/C22H20N6S/c1-5-23-6-2-13(1)18-9-16-20(11-25-18)27-28-22(16)19-10-15-17(26-19)3-7-24-21(15)14-4-8-29-12-14/h3-4,7-13,23,26H,1-2,5-6H2,(H,27,28). The van der Waals surface area contributed by atoms with Crippen LogP contribution in [0.25, 0.3) is 44.5 Å². The summed E-state index contributed by atoms with van der Waals surface area (Å²) in [5.74, 6) is 0.514. The summed E-state index contributed by atoms with van der Waals surface area (Å²) in [5, 5.41) is 17.6. The van der Waals surface area contributed by atoms with Crippen LogP contribution in [0.3, 0.4) is 0 Å². The van der Waals surface area contributed by atoms with Crippen molar-refractivity contribution in [2.75, 3.05) is 13.1 Å². The third kappa shape index (κ3) is 2.85. The molecule has 0 bridgehead atoms. The molecule has 3 N–H and O–H groups in total. The molecule has 5 aromatic heterocycles. The molecule has 0 spiro atoms. The van der Waals surface area contributed by atoms with Gasteiger partial charge >= 0.3 is 0 Å². The molecule has 1 fully saturated rings. The molecule has 6 nitrogen and oxygen atoms in total. The van der Waals surface area contributed by atoms with E-state index in [1.807, 2.05) is 18.5 Å². The van der Waals surface area contributed by atoms with Gasteiger partial charge in [-0.05, 0) is 55.6 Å². The first kappa shape index (κ1) is 16.9. The Kier molecular flexibility index (Phi) is 3.95. The third-order valence-electron chi connectivity index (χ3n) is 5.82. The molecule has 5 aromatic rings. The molecule has 0 amide bonds. The second kappa shape index (κ2) is 6.79. The summed E-state index contributed by atoms with van der Waals surface area (Å²) in [6.07, 6.45) is 6.04. The number of aromatic amines is 2. The predicted octanol–water partition coefficient (Wildman–Crippen LogP) is 4.70. The van der Waals surface area contributed by atoms with E-state index in [2.05, 4.69) is 54.4 Å². The second-order valence-electron chi connectivity index (χ2n) is 7.57. The summed E-state index contributed by atoms with van der Waals surface area (Å²) in [6.45, 7) is 2.12. The molecular formula is C22H20N6S. The van der Waals surface area contributed by atoms with E-state index in [1.54, 1.807) is 11.3 Å². The highest BCUT2D eigenvalue weighted by Crippen LogP contribution is 2.34. The van der Waals surface area contributed by atoms with Crippen molar-refractivity contribution >= 4 is 33.1 Å². The van der Waals surface area contributed by atoms with Crippen molar-refractivity contribution in [3.05, 3.63) is 53.1 Å². The van der Waals surface area contributed by atoms with Gasteiger partial charge in [0.15, 0.2) is 0 Å². The summed E-state index contributed by atoms with van der Waals surface area (Å²) in [6, 6.07) is 8.51. The molecular weight excluding hydrogens is 380 g/mol. The maximum absolute atomic E-state index is 4.71. The van der Waals surface area contributed by atoms with Crippen molar-refractivity contribution in [1.82, 2.24) is 30.5 Å². The van der Waals surface area contributed by atoms with Crippen LogP contribution in [0.5, 0.6) is 0 Å². The van der Waals surface area contributed by atoms with Crippen LogP contribution in [0.15, 0.2) is 47.4 Å². The molecule has 0 aliphatic carbocycles. The molecule has 144 valence electrons. The summed E-state index contributed by atoms with van der Waals surface area (Å²) >= 11 is 1.69. The number of pyridine rings is 2. The van der Waals surface area contributed by atoms with E-state index in [1.165, 1.54) is 5.69 Å². The first-order valence-electron chi connectivity index (χ1n) is 9.92.